The zero-order valence-electron chi connectivity index (χ0n) is 15.4. The summed E-state index contributed by atoms with van der Waals surface area (Å²) in [6.45, 7) is 1.71. The molecule has 2 fully saturated rings. The number of rotatable bonds is 4. The SMILES string of the molecule is O=C(NC1CCCN(c2ncccn2)C1)C1(c2ccc(Br)cc2)CCCC1. The van der Waals surface area contributed by atoms with E-state index in [4.69, 9.17) is 0 Å². The van der Waals surface area contributed by atoms with Crippen LogP contribution in [0.25, 0.3) is 0 Å². The van der Waals surface area contributed by atoms with Gasteiger partial charge in [-0.2, -0.15) is 0 Å². The fraction of sp³-hybridized carbons (Fsp3) is 0.476. The number of hydrogen-bond acceptors (Lipinski definition) is 4. The number of piperidine rings is 1. The van der Waals surface area contributed by atoms with Crippen LogP contribution in [-0.2, 0) is 10.2 Å². The molecule has 27 heavy (non-hydrogen) atoms. The first-order chi connectivity index (χ1) is 13.2. The predicted octanol–water partition coefficient (Wildman–Crippen LogP) is 3.84. The van der Waals surface area contributed by atoms with Crippen LogP contribution in [0.1, 0.15) is 44.1 Å². The monoisotopic (exact) mass is 428 g/mol. The molecule has 1 aliphatic carbocycles. The van der Waals surface area contributed by atoms with E-state index in [9.17, 15) is 4.79 Å². The van der Waals surface area contributed by atoms with E-state index in [1.165, 1.54) is 0 Å². The van der Waals surface area contributed by atoms with Crippen molar-refractivity contribution in [1.82, 2.24) is 15.3 Å². The molecular weight excluding hydrogens is 404 g/mol. The Morgan fingerprint density at radius 1 is 1.11 bits per heavy atom. The van der Waals surface area contributed by atoms with Gasteiger partial charge in [-0.15, -0.1) is 0 Å². The molecule has 1 saturated carbocycles. The van der Waals surface area contributed by atoms with Gasteiger partial charge in [0.05, 0.1) is 5.41 Å². The Bertz CT molecular complexity index is 775. The topological polar surface area (TPSA) is 58.1 Å². The lowest BCUT2D eigenvalue weighted by atomic mass is 9.77. The number of benzene rings is 1. The van der Waals surface area contributed by atoms with Gasteiger partial charge >= 0.3 is 0 Å². The second kappa shape index (κ2) is 7.97. The van der Waals surface area contributed by atoms with Crippen LogP contribution in [0.2, 0.25) is 0 Å². The maximum atomic E-state index is 13.4. The van der Waals surface area contributed by atoms with Crippen LogP contribution in [-0.4, -0.2) is 35.0 Å². The van der Waals surface area contributed by atoms with Crippen molar-refractivity contribution < 1.29 is 4.79 Å². The maximum absolute atomic E-state index is 13.4. The Labute approximate surface area is 168 Å². The minimum atomic E-state index is -0.383. The van der Waals surface area contributed by atoms with Crippen LogP contribution in [0.5, 0.6) is 0 Å². The molecule has 5 nitrogen and oxygen atoms in total. The average molecular weight is 429 g/mol. The van der Waals surface area contributed by atoms with Gasteiger partial charge in [0.1, 0.15) is 0 Å². The quantitative estimate of drug-likeness (QED) is 0.803. The smallest absolute Gasteiger partial charge is 0.230 e. The van der Waals surface area contributed by atoms with Crippen LogP contribution in [0, 0.1) is 0 Å². The van der Waals surface area contributed by atoms with Crippen molar-refractivity contribution >= 4 is 27.8 Å². The summed E-state index contributed by atoms with van der Waals surface area (Å²) in [4.78, 5) is 24.3. The molecule has 0 bridgehead atoms. The molecule has 6 heteroatoms. The Kier molecular flexibility index (Phi) is 5.43. The zero-order valence-corrected chi connectivity index (χ0v) is 17.0. The molecule has 0 radical (unpaired) electrons. The van der Waals surface area contributed by atoms with E-state index in [0.717, 1.165) is 67.6 Å². The molecule has 1 aromatic heterocycles. The normalized spacial score (nSPS) is 21.8. The van der Waals surface area contributed by atoms with E-state index in [-0.39, 0.29) is 17.4 Å². The third-order valence-corrected chi connectivity index (χ3v) is 6.41. The largest absolute Gasteiger partial charge is 0.351 e. The summed E-state index contributed by atoms with van der Waals surface area (Å²) in [6, 6.07) is 10.2. The second-order valence-corrected chi connectivity index (χ2v) is 8.52. The van der Waals surface area contributed by atoms with Crippen molar-refractivity contribution in [3.05, 3.63) is 52.8 Å². The van der Waals surface area contributed by atoms with E-state index in [0.29, 0.717) is 0 Å². The van der Waals surface area contributed by atoms with Gasteiger partial charge in [-0.05, 0) is 49.4 Å². The molecule has 1 amide bonds. The molecule has 1 saturated heterocycles. The first kappa shape index (κ1) is 18.4. The van der Waals surface area contributed by atoms with Crippen LogP contribution in [0.4, 0.5) is 5.95 Å². The number of carbonyl (C=O) groups is 1. The predicted molar refractivity (Wildman–Crippen MR) is 110 cm³/mol. The third-order valence-electron chi connectivity index (χ3n) is 5.88. The molecule has 1 atom stereocenters. The third kappa shape index (κ3) is 3.86. The Morgan fingerprint density at radius 3 is 2.52 bits per heavy atom. The molecule has 2 aromatic rings. The average Bonchev–Trinajstić information content (AvgIpc) is 3.21. The minimum absolute atomic E-state index is 0.142. The van der Waals surface area contributed by atoms with Gasteiger partial charge in [-0.3, -0.25) is 4.79 Å². The highest BCUT2D eigenvalue weighted by molar-refractivity contribution is 9.10. The Hall–Kier alpha value is -1.95. The van der Waals surface area contributed by atoms with Crippen molar-refractivity contribution in [3.8, 4) is 0 Å². The van der Waals surface area contributed by atoms with Gasteiger partial charge in [0.25, 0.3) is 0 Å². The minimum Gasteiger partial charge on any atom is -0.351 e. The van der Waals surface area contributed by atoms with E-state index in [2.05, 4.69) is 48.2 Å². The molecule has 142 valence electrons. The molecule has 0 spiro atoms. The number of anilines is 1. The van der Waals surface area contributed by atoms with E-state index in [1.54, 1.807) is 12.4 Å². The zero-order chi connectivity index (χ0) is 18.7. The van der Waals surface area contributed by atoms with Crippen LogP contribution >= 0.6 is 15.9 Å². The molecule has 1 aromatic carbocycles. The number of nitrogens with zero attached hydrogens (tertiary/aromatic N) is 3. The van der Waals surface area contributed by atoms with Gasteiger partial charge in [0, 0.05) is 36.0 Å². The summed E-state index contributed by atoms with van der Waals surface area (Å²) in [7, 11) is 0. The van der Waals surface area contributed by atoms with Crippen molar-refractivity contribution in [2.75, 3.05) is 18.0 Å². The summed E-state index contributed by atoms with van der Waals surface area (Å²) in [5.74, 6) is 0.933. The number of aromatic nitrogens is 2. The van der Waals surface area contributed by atoms with E-state index < -0.39 is 0 Å². The highest BCUT2D eigenvalue weighted by Crippen LogP contribution is 2.42. The van der Waals surface area contributed by atoms with Crippen molar-refractivity contribution in [2.24, 2.45) is 0 Å². The Balaban J connectivity index is 1.49. The molecule has 2 heterocycles. The lowest BCUT2D eigenvalue weighted by Crippen LogP contribution is -2.53. The highest BCUT2D eigenvalue weighted by Gasteiger charge is 2.43. The van der Waals surface area contributed by atoms with Gasteiger partial charge < -0.3 is 10.2 Å². The number of amides is 1. The molecule has 1 N–H and O–H groups in total. The van der Waals surface area contributed by atoms with E-state index >= 15 is 0 Å². The van der Waals surface area contributed by atoms with Gasteiger partial charge in [-0.25, -0.2) is 9.97 Å². The van der Waals surface area contributed by atoms with Gasteiger partial charge in [0.15, 0.2) is 0 Å². The van der Waals surface area contributed by atoms with Gasteiger partial charge in [0.2, 0.25) is 11.9 Å². The first-order valence-corrected chi connectivity index (χ1v) is 10.6. The number of hydrogen-bond donors (Lipinski definition) is 1. The highest BCUT2D eigenvalue weighted by atomic mass is 79.9. The molecular formula is C21H25BrN4O. The molecule has 1 unspecified atom stereocenters. The molecule has 4 rings (SSSR count). The molecule has 2 aliphatic rings. The Morgan fingerprint density at radius 2 is 1.81 bits per heavy atom. The van der Waals surface area contributed by atoms with Crippen molar-refractivity contribution in [1.29, 1.82) is 0 Å². The number of halogens is 1. The van der Waals surface area contributed by atoms with Gasteiger partial charge in [-0.1, -0.05) is 40.9 Å². The molecule has 1 aliphatic heterocycles. The summed E-state index contributed by atoms with van der Waals surface area (Å²) < 4.78 is 1.05. The number of nitrogens with one attached hydrogen (secondary N) is 1. The summed E-state index contributed by atoms with van der Waals surface area (Å²) in [5, 5.41) is 3.37. The first-order valence-electron chi connectivity index (χ1n) is 9.76. The fourth-order valence-corrected chi connectivity index (χ4v) is 4.71. The van der Waals surface area contributed by atoms with Crippen molar-refractivity contribution in [2.45, 2.75) is 50.0 Å². The van der Waals surface area contributed by atoms with Crippen molar-refractivity contribution in [3.63, 3.8) is 0 Å². The van der Waals surface area contributed by atoms with Crippen LogP contribution < -0.4 is 10.2 Å². The number of carbonyl (C=O) groups excluding carboxylic acids is 1. The summed E-state index contributed by atoms with van der Waals surface area (Å²) >= 11 is 3.50. The van der Waals surface area contributed by atoms with E-state index in [1.807, 2.05) is 18.2 Å². The summed E-state index contributed by atoms with van der Waals surface area (Å²) in [5.41, 5.74) is 0.756. The second-order valence-electron chi connectivity index (χ2n) is 7.60. The lowest BCUT2D eigenvalue weighted by molar-refractivity contribution is -0.127. The standard InChI is InChI=1S/C21H25BrN4O/c22-17-8-6-16(7-9-17)21(10-1-2-11-21)19(27)25-18-5-3-14-26(15-18)20-23-12-4-13-24-20/h4,6-9,12-13,18H,1-3,5,10-11,14-15H2,(H,25,27). The van der Waals surface area contributed by atoms with Crippen LogP contribution in [0.3, 0.4) is 0 Å². The fourth-order valence-electron chi connectivity index (χ4n) is 4.45. The summed E-state index contributed by atoms with van der Waals surface area (Å²) in [6.07, 6.45) is 9.66. The maximum Gasteiger partial charge on any atom is 0.230 e. The lowest BCUT2D eigenvalue weighted by Gasteiger charge is -2.36. The van der Waals surface area contributed by atoms with Crippen LogP contribution in [0.15, 0.2) is 47.2 Å².